The SMILES string of the molecule is O=C(Nc1cccc(C(F)(F)F)c1)C1CC2CCCC(C1)C2=O. The van der Waals surface area contributed by atoms with Crippen LogP contribution in [0.4, 0.5) is 18.9 Å². The summed E-state index contributed by atoms with van der Waals surface area (Å²) in [5, 5.41) is 2.58. The number of fused-ring (bicyclic) bond motifs is 2. The monoisotopic (exact) mass is 325 g/mol. The molecular formula is C17H18F3NO2. The number of hydrogen-bond acceptors (Lipinski definition) is 2. The van der Waals surface area contributed by atoms with E-state index in [0.29, 0.717) is 12.8 Å². The molecule has 2 bridgehead atoms. The van der Waals surface area contributed by atoms with E-state index in [4.69, 9.17) is 0 Å². The first-order valence-electron chi connectivity index (χ1n) is 7.86. The predicted molar refractivity (Wildman–Crippen MR) is 78.6 cm³/mol. The maximum Gasteiger partial charge on any atom is 0.416 e. The maximum absolute atomic E-state index is 12.7. The van der Waals surface area contributed by atoms with Crippen LogP contribution in [0.1, 0.15) is 37.7 Å². The van der Waals surface area contributed by atoms with Crippen LogP contribution >= 0.6 is 0 Å². The Morgan fingerprint density at radius 1 is 1.13 bits per heavy atom. The van der Waals surface area contributed by atoms with E-state index in [-0.39, 0.29) is 35.1 Å². The Kier molecular flexibility index (Phi) is 4.17. The highest BCUT2D eigenvalue weighted by atomic mass is 19.4. The smallest absolute Gasteiger partial charge is 0.326 e. The van der Waals surface area contributed by atoms with E-state index in [1.165, 1.54) is 12.1 Å². The summed E-state index contributed by atoms with van der Waals surface area (Å²) >= 11 is 0. The van der Waals surface area contributed by atoms with Gasteiger partial charge < -0.3 is 5.32 Å². The van der Waals surface area contributed by atoms with Crippen molar-refractivity contribution in [1.29, 1.82) is 0 Å². The van der Waals surface area contributed by atoms with Crippen molar-refractivity contribution in [1.82, 2.24) is 0 Å². The summed E-state index contributed by atoms with van der Waals surface area (Å²) in [4.78, 5) is 24.4. The van der Waals surface area contributed by atoms with Gasteiger partial charge in [0.05, 0.1) is 5.56 Å². The van der Waals surface area contributed by atoms with Crippen LogP contribution in [0, 0.1) is 17.8 Å². The number of benzene rings is 1. The third-order valence-electron chi connectivity index (χ3n) is 4.88. The number of ketones is 1. The van der Waals surface area contributed by atoms with Gasteiger partial charge in [0.15, 0.2) is 0 Å². The van der Waals surface area contributed by atoms with Gasteiger partial charge >= 0.3 is 6.18 Å². The van der Waals surface area contributed by atoms with E-state index in [2.05, 4.69) is 5.32 Å². The van der Waals surface area contributed by atoms with Gasteiger partial charge in [0.25, 0.3) is 0 Å². The molecule has 23 heavy (non-hydrogen) atoms. The molecule has 2 atom stereocenters. The number of anilines is 1. The van der Waals surface area contributed by atoms with Crippen molar-refractivity contribution in [2.45, 2.75) is 38.3 Å². The van der Waals surface area contributed by atoms with Gasteiger partial charge in [0.2, 0.25) is 5.91 Å². The third-order valence-corrected chi connectivity index (χ3v) is 4.88. The highest BCUT2D eigenvalue weighted by molar-refractivity contribution is 5.95. The minimum absolute atomic E-state index is 0.0558. The van der Waals surface area contributed by atoms with Gasteiger partial charge in [-0.25, -0.2) is 0 Å². The van der Waals surface area contributed by atoms with Gasteiger partial charge in [0, 0.05) is 23.4 Å². The lowest BCUT2D eigenvalue weighted by Crippen LogP contribution is -2.40. The Morgan fingerprint density at radius 2 is 1.78 bits per heavy atom. The molecule has 2 fully saturated rings. The van der Waals surface area contributed by atoms with Crippen LogP contribution in [-0.4, -0.2) is 11.7 Å². The van der Waals surface area contributed by atoms with E-state index >= 15 is 0 Å². The van der Waals surface area contributed by atoms with E-state index in [0.717, 1.165) is 31.4 Å². The fourth-order valence-corrected chi connectivity index (χ4v) is 3.71. The minimum atomic E-state index is -4.44. The van der Waals surface area contributed by atoms with Gasteiger partial charge in [0.1, 0.15) is 5.78 Å². The second-order valence-electron chi connectivity index (χ2n) is 6.46. The standard InChI is InChI=1S/C17H18F3NO2/c18-17(19,20)13-5-2-6-14(9-13)21-16(23)12-7-10-3-1-4-11(8-12)15(10)22/h2,5-6,9-12H,1,3-4,7-8H2,(H,21,23). The highest BCUT2D eigenvalue weighted by Gasteiger charge is 2.41. The molecule has 0 radical (unpaired) electrons. The van der Waals surface area contributed by atoms with Gasteiger partial charge in [-0.05, 0) is 43.9 Å². The topological polar surface area (TPSA) is 46.2 Å². The second kappa shape index (κ2) is 5.98. The largest absolute Gasteiger partial charge is 0.416 e. The molecule has 3 nitrogen and oxygen atoms in total. The zero-order valence-electron chi connectivity index (χ0n) is 12.5. The molecule has 2 unspecified atom stereocenters. The average Bonchev–Trinajstić information content (AvgIpc) is 2.46. The van der Waals surface area contributed by atoms with E-state index in [9.17, 15) is 22.8 Å². The molecule has 2 aliphatic rings. The number of nitrogens with one attached hydrogen (secondary N) is 1. The van der Waals surface area contributed by atoms with Gasteiger partial charge in [-0.2, -0.15) is 13.2 Å². The first kappa shape index (κ1) is 16.0. The fraction of sp³-hybridized carbons (Fsp3) is 0.529. The van der Waals surface area contributed by atoms with E-state index in [1.807, 2.05) is 0 Å². The molecule has 1 aromatic rings. The number of halogens is 3. The molecule has 124 valence electrons. The zero-order chi connectivity index (χ0) is 16.6. The lowest BCUT2D eigenvalue weighted by atomic mass is 9.67. The van der Waals surface area contributed by atoms with Gasteiger partial charge in [-0.1, -0.05) is 12.5 Å². The fourth-order valence-electron chi connectivity index (χ4n) is 3.71. The number of Topliss-reactive ketones (excluding diaryl/α,β-unsaturated/α-hetero) is 1. The van der Waals surface area contributed by atoms with E-state index in [1.54, 1.807) is 0 Å². The first-order valence-corrected chi connectivity index (χ1v) is 7.86. The number of carbonyl (C=O) groups excluding carboxylic acids is 2. The van der Waals surface area contributed by atoms with Gasteiger partial charge in [-0.15, -0.1) is 0 Å². The molecular weight excluding hydrogens is 307 g/mol. The van der Waals surface area contributed by atoms with Crippen LogP contribution in [0.25, 0.3) is 0 Å². The lowest BCUT2D eigenvalue weighted by molar-refractivity contribution is -0.138. The van der Waals surface area contributed by atoms with Crippen molar-refractivity contribution in [2.24, 2.45) is 17.8 Å². The highest BCUT2D eigenvalue weighted by Crippen LogP contribution is 2.40. The zero-order valence-corrected chi connectivity index (χ0v) is 12.5. The van der Waals surface area contributed by atoms with Crippen molar-refractivity contribution >= 4 is 17.4 Å². The predicted octanol–water partition coefficient (Wildman–Crippen LogP) is 4.04. The Hall–Kier alpha value is -1.85. The van der Waals surface area contributed by atoms with Crippen molar-refractivity contribution in [3.8, 4) is 0 Å². The van der Waals surface area contributed by atoms with Crippen LogP contribution in [0.5, 0.6) is 0 Å². The van der Waals surface area contributed by atoms with Crippen LogP contribution < -0.4 is 5.32 Å². The Bertz CT molecular complexity index is 611. The lowest BCUT2D eigenvalue weighted by Gasteiger charge is -2.36. The van der Waals surface area contributed by atoms with Crippen LogP contribution in [0.15, 0.2) is 24.3 Å². The summed E-state index contributed by atoms with van der Waals surface area (Å²) < 4.78 is 38.1. The van der Waals surface area contributed by atoms with Crippen LogP contribution in [0.3, 0.4) is 0 Å². The normalized spacial score (nSPS) is 27.6. The number of alkyl halides is 3. The maximum atomic E-state index is 12.7. The average molecular weight is 325 g/mol. The Labute approximate surface area is 132 Å². The molecule has 0 aromatic heterocycles. The molecule has 1 amide bonds. The quantitative estimate of drug-likeness (QED) is 0.892. The van der Waals surface area contributed by atoms with Gasteiger partial charge in [-0.3, -0.25) is 9.59 Å². The second-order valence-corrected chi connectivity index (χ2v) is 6.46. The molecule has 0 spiro atoms. The molecule has 6 heteroatoms. The van der Waals surface area contributed by atoms with Crippen LogP contribution in [0.2, 0.25) is 0 Å². The van der Waals surface area contributed by atoms with Crippen molar-refractivity contribution in [2.75, 3.05) is 5.32 Å². The van der Waals surface area contributed by atoms with Crippen LogP contribution in [-0.2, 0) is 15.8 Å². The summed E-state index contributed by atoms with van der Waals surface area (Å²) in [6, 6.07) is 4.63. The number of amides is 1. The first-order chi connectivity index (χ1) is 10.8. The number of carbonyl (C=O) groups is 2. The summed E-state index contributed by atoms with van der Waals surface area (Å²) in [5.41, 5.74) is -0.641. The molecule has 1 N–H and O–H groups in total. The molecule has 0 saturated heterocycles. The summed E-state index contributed by atoms with van der Waals surface area (Å²) in [7, 11) is 0. The Balaban J connectivity index is 1.69. The molecule has 1 aromatic carbocycles. The number of rotatable bonds is 2. The number of hydrogen-bond donors (Lipinski definition) is 1. The van der Waals surface area contributed by atoms with Crippen molar-refractivity contribution in [3.05, 3.63) is 29.8 Å². The van der Waals surface area contributed by atoms with Crippen molar-refractivity contribution in [3.63, 3.8) is 0 Å². The third kappa shape index (κ3) is 3.41. The van der Waals surface area contributed by atoms with E-state index < -0.39 is 11.7 Å². The molecule has 3 rings (SSSR count). The summed E-state index contributed by atoms with van der Waals surface area (Å²) in [6.07, 6.45) is -0.746. The van der Waals surface area contributed by atoms with Crippen molar-refractivity contribution < 1.29 is 22.8 Å². The Morgan fingerprint density at radius 3 is 2.39 bits per heavy atom. The summed E-state index contributed by atoms with van der Waals surface area (Å²) in [6.45, 7) is 0. The molecule has 2 saturated carbocycles. The molecule has 2 aliphatic carbocycles. The summed E-state index contributed by atoms with van der Waals surface area (Å²) in [5.74, 6) is -0.426. The minimum Gasteiger partial charge on any atom is -0.326 e. The molecule has 0 aliphatic heterocycles. The molecule has 0 heterocycles.